The SMILES string of the molecule is CCCc1noc(-c2ccn3c(CNC(=O)c4ccccn4)nnc3c2)n1. The normalized spacial score (nSPS) is 11.0. The maximum atomic E-state index is 12.1. The van der Waals surface area contributed by atoms with Crippen molar-refractivity contribution < 1.29 is 9.32 Å². The lowest BCUT2D eigenvalue weighted by Crippen LogP contribution is -2.24. The van der Waals surface area contributed by atoms with Crippen LogP contribution in [0.15, 0.2) is 47.2 Å². The van der Waals surface area contributed by atoms with Crippen LogP contribution in [0.1, 0.15) is 35.5 Å². The number of aryl methyl sites for hydroxylation is 1. The largest absolute Gasteiger partial charge is 0.343 e. The van der Waals surface area contributed by atoms with E-state index in [1.165, 1.54) is 0 Å². The molecule has 4 rings (SSSR count). The van der Waals surface area contributed by atoms with Crippen molar-refractivity contribution in [2.24, 2.45) is 0 Å². The van der Waals surface area contributed by atoms with Crippen LogP contribution >= 0.6 is 0 Å². The Morgan fingerprint density at radius 1 is 1.26 bits per heavy atom. The van der Waals surface area contributed by atoms with Crippen LogP contribution in [0.5, 0.6) is 0 Å². The molecule has 0 fully saturated rings. The van der Waals surface area contributed by atoms with E-state index in [2.05, 4.69) is 37.6 Å². The van der Waals surface area contributed by atoms with Gasteiger partial charge in [0.15, 0.2) is 17.3 Å². The number of aromatic nitrogens is 6. The topological polar surface area (TPSA) is 111 Å². The molecule has 0 atom stereocenters. The van der Waals surface area contributed by atoms with Gasteiger partial charge in [-0.1, -0.05) is 18.1 Å². The number of fused-ring (bicyclic) bond motifs is 1. The molecule has 0 spiro atoms. The molecule has 4 aromatic rings. The summed E-state index contributed by atoms with van der Waals surface area (Å²) in [6, 6.07) is 8.85. The molecular formula is C18H17N7O2. The second-order valence-electron chi connectivity index (χ2n) is 5.92. The van der Waals surface area contributed by atoms with Crippen molar-refractivity contribution in [3.8, 4) is 11.5 Å². The van der Waals surface area contributed by atoms with Gasteiger partial charge in [0.2, 0.25) is 0 Å². The second kappa shape index (κ2) is 7.32. The van der Waals surface area contributed by atoms with Gasteiger partial charge < -0.3 is 9.84 Å². The van der Waals surface area contributed by atoms with E-state index in [4.69, 9.17) is 4.52 Å². The predicted octanol–water partition coefficient (Wildman–Crippen LogP) is 2.06. The number of carbonyl (C=O) groups excluding carboxylic acids is 1. The molecule has 9 heteroatoms. The van der Waals surface area contributed by atoms with Crippen molar-refractivity contribution in [3.63, 3.8) is 0 Å². The summed E-state index contributed by atoms with van der Waals surface area (Å²) in [4.78, 5) is 20.5. The summed E-state index contributed by atoms with van der Waals surface area (Å²) in [6.07, 6.45) is 5.12. The van der Waals surface area contributed by atoms with Gasteiger partial charge in [-0.3, -0.25) is 14.2 Å². The number of nitrogens with zero attached hydrogens (tertiary/aromatic N) is 6. The Hall–Kier alpha value is -3.62. The highest BCUT2D eigenvalue weighted by molar-refractivity contribution is 5.92. The smallest absolute Gasteiger partial charge is 0.270 e. The highest BCUT2D eigenvalue weighted by Gasteiger charge is 2.13. The fourth-order valence-electron chi connectivity index (χ4n) is 2.64. The minimum Gasteiger partial charge on any atom is -0.343 e. The Balaban J connectivity index is 1.51. The molecule has 4 heterocycles. The number of carbonyl (C=O) groups is 1. The molecule has 0 aliphatic rings. The average molecular weight is 363 g/mol. The van der Waals surface area contributed by atoms with E-state index >= 15 is 0 Å². The van der Waals surface area contributed by atoms with Gasteiger partial charge in [0, 0.05) is 24.4 Å². The van der Waals surface area contributed by atoms with E-state index in [0.717, 1.165) is 18.4 Å². The number of rotatable bonds is 6. The summed E-state index contributed by atoms with van der Waals surface area (Å²) in [5.41, 5.74) is 1.76. The minimum absolute atomic E-state index is 0.233. The third kappa shape index (κ3) is 3.52. The molecule has 0 bridgehead atoms. The van der Waals surface area contributed by atoms with Gasteiger partial charge in [-0.2, -0.15) is 4.98 Å². The molecule has 0 radical (unpaired) electrons. The summed E-state index contributed by atoms with van der Waals surface area (Å²) < 4.78 is 7.10. The molecule has 27 heavy (non-hydrogen) atoms. The monoisotopic (exact) mass is 363 g/mol. The maximum Gasteiger partial charge on any atom is 0.270 e. The lowest BCUT2D eigenvalue weighted by atomic mass is 10.2. The van der Waals surface area contributed by atoms with Gasteiger partial charge in [-0.05, 0) is 30.7 Å². The zero-order valence-corrected chi connectivity index (χ0v) is 14.7. The first-order valence-corrected chi connectivity index (χ1v) is 8.60. The van der Waals surface area contributed by atoms with Crippen molar-refractivity contribution in [3.05, 3.63) is 60.1 Å². The molecule has 0 aliphatic carbocycles. The maximum absolute atomic E-state index is 12.1. The average Bonchev–Trinajstić information content (AvgIpc) is 3.33. The van der Waals surface area contributed by atoms with Crippen LogP contribution in [0.4, 0.5) is 0 Å². The number of hydrogen-bond acceptors (Lipinski definition) is 7. The van der Waals surface area contributed by atoms with E-state index in [0.29, 0.717) is 28.9 Å². The van der Waals surface area contributed by atoms with Crippen LogP contribution in [0.2, 0.25) is 0 Å². The van der Waals surface area contributed by atoms with E-state index in [1.807, 2.05) is 18.3 Å². The first-order valence-electron chi connectivity index (χ1n) is 8.60. The van der Waals surface area contributed by atoms with Crippen molar-refractivity contribution in [2.75, 3.05) is 0 Å². The molecule has 0 aliphatic heterocycles. The van der Waals surface area contributed by atoms with Crippen LogP contribution in [-0.2, 0) is 13.0 Å². The fourth-order valence-corrected chi connectivity index (χ4v) is 2.64. The number of pyridine rings is 2. The summed E-state index contributed by atoms with van der Waals surface area (Å²) in [6.45, 7) is 2.30. The van der Waals surface area contributed by atoms with Crippen molar-refractivity contribution in [1.82, 2.24) is 35.0 Å². The van der Waals surface area contributed by atoms with E-state index in [1.54, 1.807) is 28.8 Å². The number of hydrogen-bond donors (Lipinski definition) is 1. The van der Waals surface area contributed by atoms with E-state index < -0.39 is 0 Å². The molecule has 0 saturated carbocycles. The molecule has 9 nitrogen and oxygen atoms in total. The predicted molar refractivity (Wildman–Crippen MR) is 95.7 cm³/mol. The second-order valence-corrected chi connectivity index (χ2v) is 5.92. The lowest BCUT2D eigenvalue weighted by molar-refractivity contribution is 0.0945. The Morgan fingerprint density at radius 3 is 3.00 bits per heavy atom. The summed E-state index contributed by atoms with van der Waals surface area (Å²) in [5.74, 6) is 1.48. The zero-order valence-electron chi connectivity index (χ0n) is 14.7. The number of amides is 1. The first-order chi connectivity index (χ1) is 13.2. The summed E-state index contributed by atoms with van der Waals surface area (Å²) in [5, 5.41) is 15.1. The Bertz CT molecular complexity index is 1070. The van der Waals surface area contributed by atoms with Gasteiger partial charge in [0.25, 0.3) is 11.8 Å². The highest BCUT2D eigenvalue weighted by atomic mass is 16.5. The molecule has 1 amide bonds. The fraction of sp³-hybridized carbons (Fsp3) is 0.222. The lowest BCUT2D eigenvalue weighted by Gasteiger charge is -2.03. The Labute approximate surface area is 154 Å². The molecule has 0 aromatic carbocycles. The Morgan fingerprint density at radius 2 is 2.19 bits per heavy atom. The highest BCUT2D eigenvalue weighted by Crippen LogP contribution is 2.19. The molecule has 136 valence electrons. The molecule has 4 aromatic heterocycles. The molecule has 1 N–H and O–H groups in total. The standard InChI is InChI=1S/C18H17N7O2/c1-2-5-14-21-18(27-24-14)12-7-9-25-15(10-12)22-23-16(25)11-20-17(26)13-6-3-4-8-19-13/h3-4,6-10H,2,5,11H2,1H3,(H,20,26). The third-order valence-corrected chi connectivity index (χ3v) is 3.97. The summed E-state index contributed by atoms with van der Waals surface area (Å²) >= 11 is 0. The van der Waals surface area contributed by atoms with Crippen LogP contribution in [-0.4, -0.2) is 35.6 Å². The van der Waals surface area contributed by atoms with Crippen LogP contribution in [0.25, 0.3) is 17.1 Å². The van der Waals surface area contributed by atoms with Gasteiger partial charge in [-0.15, -0.1) is 10.2 Å². The van der Waals surface area contributed by atoms with E-state index in [-0.39, 0.29) is 12.5 Å². The van der Waals surface area contributed by atoms with Gasteiger partial charge in [0.05, 0.1) is 6.54 Å². The number of nitrogens with one attached hydrogen (secondary N) is 1. The molecule has 0 saturated heterocycles. The van der Waals surface area contributed by atoms with Crippen LogP contribution in [0.3, 0.4) is 0 Å². The third-order valence-electron chi connectivity index (χ3n) is 3.97. The van der Waals surface area contributed by atoms with Crippen molar-refractivity contribution in [2.45, 2.75) is 26.3 Å². The van der Waals surface area contributed by atoms with Crippen LogP contribution < -0.4 is 5.32 Å². The van der Waals surface area contributed by atoms with Gasteiger partial charge >= 0.3 is 0 Å². The van der Waals surface area contributed by atoms with E-state index in [9.17, 15) is 4.79 Å². The van der Waals surface area contributed by atoms with Gasteiger partial charge in [0.1, 0.15) is 5.69 Å². The first kappa shape index (κ1) is 16.8. The van der Waals surface area contributed by atoms with Crippen molar-refractivity contribution >= 4 is 11.6 Å². The van der Waals surface area contributed by atoms with Crippen molar-refractivity contribution in [1.29, 1.82) is 0 Å². The minimum atomic E-state index is -0.265. The molecule has 0 unspecified atom stereocenters. The quantitative estimate of drug-likeness (QED) is 0.558. The van der Waals surface area contributed by atoms with Gasteiger partial charge in [-0.25, -0.2) is 0 Å². The summed E-state index contributed by atoms with van der Waals surface area (Å²) in [7, 11) is 0. The zero-order chi connectivity index (χ0) is 18.6. The Kier molecular flexibility index (Phi) is 4.56. The molecular weight excluding hydrogens is 346 g/mol. The van der Waals surface area contributed by atoms with Crippen LogP contribution in [0, 0.1) is 0 Å².